The van der Waals surface area contributed by atoms with Crippen LogP contribution >= 0.6 is 11.6 Å². The molecule has 208 valence electrons. The maximum atomic E-state index is 13.5. The van der Waals surface area contributed by atoms with E-state index >= 15 is 0 Å². The van der Waals surface area contributed by atoms with Crippen LogP contribution in [0, 0.1) is 0 Å². The van der Waals surface area contributed by atoms with Gasteiger partial charge in [0.05, 0.1) is 17.3 Å². The lowest BCUT2D eigenvalue weighted by atomic mass is 9.98. The van der Waals surface area contributed by atoms with E-state index in [9.17, 15) is 22.8 Å². The van der Waals surface area contributed by atoms with Crippen LogP contribution in [0.2, 0.25) is 5.02 Å². The number of fused-ring (bicyclic) bond motifs is 3. The third-order valence-corrected chi connectivity index (χ3v) is 7.11. The van der Waals surface area contributed by atoms with Gasteiger partial charge in [-0.2, -0.15) is 13.2 Å². The minimum atomic E-state index is -5.15. The van der Waals surface area contributed by atoms with Gasteiger partial charge in [-0.25, -0.2) is 4.79 Å². The Morgan fingerprint density at radius 1 is 1.02 bits per heavy atom. The molecule has 2 heterocycles. The molecule has 1 atom stereocenters. The lowest BCUT2D eigenvalue weighted by molar-refractivity contribution is -0.199. The van der Waals surface area contributed by atoms with E-state index in [2.05, 4.69) is 9.99 Å². The number of halogens is 4. The van der Waals surface area contributed by atoms with E-state index in [-0.39, 0.29) is 22.6 Å². The molecule has 0 radical (unpaired) electrons. The summed E-state index contributed by atoms with van der Waals surface area (Å²) in [7, 11) is 1.86. The van der Waals surface area contributed by atoms with E-state index < -0.39 is 17.9 Å². The maximum absolute atomic E-state index is 13.5. The number of aromatic nitrogens is 1. The van der Waals surface area contributed by atoms with Crippen LogP contribution in [0.15, 0.2) is 59.8 Å². The van der Waals surface area contributed by atoms with E-state index in [0.29, 0.717) is 23.3 Å². The number of ketones is 1. The number of hydrogen-bond acceptors (Lipinski definition) is 6. The second-order valence-electron chi connectivity index (χ2n) is 9.96. The normalized spacial score (nSPS) is 17.5. The first-order valence-corrected chi connectivity index (χ1v) is 12.6. The van der Waals surface area contributed by atoms with Crippen molar-refractivity contribution < 1.29 is 37.1 Å². The summed E-state index contributed by atoms with van der Waals surface area (Å²) in [5, 5.41) is 5.12. The van der Waals surface area contributed by atoms with Gasteiger partial charge in [-0.1, -0.05) is 28.9 Å². The van der Waals surface area contributed by atoms with Crippen LogP contribution in [0.5, 0.6) is 0 Å². The number of hydrogen-bond donors (Lipinski definition) is 0. The van der Waals surface area contributed by atoms with Crippen molar-refractivity contribution in [3.8, 4) is 0 Å². The smallest absolute Gasteiger partial charge is 0.347 e. The van der Waals surface area contributed by atoms with Crippen LogP contribution in [0.3, 0.4) is 0 Å². The fourth-order valence-corrected chi connectivity index (χ4v) is 5.00. The number of carbonyl (C=O) groups excluding carboxylic acids is 2. The van der Waals surface area contributed by atoms with Crippen molar-refractivity contribution in [2.45, 2.75) is 38.8 Å². The van der Waals surface area contributed by atoms with Gasteiger partial charge in [-0.3, -0.25) is 4.79 Å². The van der Waals surface area contributed by atoms with Crippen LogP contribution in [0.4, 0.5) is 13.2 Å². The largest absolute Gasteiger partial charge is 0.493 e. The highest BCUT2D eigenvalue weighted by Crippen LogP contribution is 2.35. The average Bonchev–Trinajstić information content (AvgIpc) is 3.41. The zero-order valence-electron chi connectivity index (χ0n) is 21.9. The number of benzene rings is 3. The molecule has 0 saturated carbocycles. The summed E-state index contributed by atoms with van der Waals surface area (Å²) in [6, 6.07) is 15.6. The summed E-state index contributed by atoms with van der Waals surface area (Å²) in [4.78, 5) is 28.6. The Hall–Kier alpha value is -3.73. The number of oxime groups is 1. The molecular weight excluding hydrogens is 549 g/mol. The van der Waals surface area contributed by atoms with Crippen LogP contribution in [-0.2, 0) is 26.2 Å². The summed E-state index contributed by atoms with van der Waals surface area (Å²) in [6.07, 6.45) is -5.44. The Kier molecular flexibility index (Phi) is 6.98. The predicted octanol–water partition coefficient (Wildman–Crippen LogP) is 6.87. The SMILES string of the molecule is C/C(=N\OC(=O)C(F)(F)F)c1ccc2c(c1)c1cc(C(=O)c3ccc(C4COC(C)(C)O4)cc3Cl)ccc1n2C. The number of nitrogens with zero attached hydrogens (tertiary/aromatic N) is 2. The van der Waals surface area contributed by atoms with Crippen molar-refractivity contribution in [1.82, 2.24) is 4.57 Å². The molecule has 4 aromatic rings. The van der Waals surface area contributed by atoms with Gasteiger partial charge >= 0.3 is 12.1 Å². The third kappa shape index (κ3) is 5.22. The molecule has 7 nitrogen and oxygen atoms in total. The van der Waals surface area contributed by atoms with Gasteiger partial charge in [-0.15, -0.1) is 0 Å². The number of alkyl halides is 3. The van der Waals surface area contributed by atoms with Crippen molar-refractivity contribution in [2.24, 2.45) is 12.2 Å². The minimum Gasteiger partial charge on any atom is -0.347 e. The molecule has 0 spiro atoms. The molecule has 5 rings (SSSR count). The Morgan fingerprint density at radius 2 is 1.65 bits per heavy atom. The Bertz CT molecular complexity index is 1710. The maximum Gasteiger partial charge on any atom is 0.493 e. The first kappa shape index (κ1) is 27.8. The van der Waals surface area contributed by atoms with Crippen molar-refractivity contribution in [1.29, 1.82) is 0 Å². The van der Waals surface area contributed by atoms with Gasteiger partial charge in [0.1, 0.15) is 6.10 Å². The van der Waals surface area contributed by atoms with Gasteiger partial charge < -0.3 is 18.9 Å². The molecule has 1 aliphatic heterocycles. The summed E-state index contributed by atoms with van der Waals surface area (Å²) < 4.78 is 50.8. The van der Waals surface area contributed by atoms with Gasteiger partial charge in [0.2, 0.25) is 0 Å². The first-order chi connectivity index (χ1) is 18.7. The van der Waals surface area contributed by atoms with Gasteiger partial charge in [0.25, 0.3) is 0 Å². The highest BCUT2D eigenvalue weighted by Gasteiger charge is 2.41. The zero-order valence-corrected chi connectivity index (χ0v) is 22.7. The van der Waals surface area contributed by atoms with Crippen LogP contribution in [-0.4, -0.2) is 40.6 Å². The number of aryl methyl sites for hydroxylation is 1. The molecule has 40 heavy (non-hydrogen) atoms. The van der Waals surface area contributed by atoms with Crippen molar-refractivity contribution in [3.05, 3.63) is 81.9 Å². The lowest BCUT2D eigenvalue weighted by Crippen LogP contribution is -2.24. The molecular formula is C29H24ClF3N2O5. The Morgan fingerprint density at radius 3 is 2.23 bits per heavy atom. The monoisotopic (exact) mass is 572 g/mol. The molecule has 11 heteroatoms. The number of carbonyl (C=O) groups is 2. The predicted molar refractivity (Wildman–Crippen MR) is 144 cm³/mol. The number of ether oxygens (including phenoxy) is 2. The lowest BCUT2D eigenvalue weighted by Gasteiger charge is -2.17. The van der Waals surface area contributed by atoms with Gasteiger partial charge in [-0.05, 0) is 74.4 Å². The first-order valence-electron chi connectivity index (χ1n) is 12.3. The Balaban J connectivity index is 1.48. The molecule has 0 amide bonds. The molecule has 1 fully saturated rings. The second kappa shape index (κ2) is 10.0. The molecule has 0 aliphatic carbocycles. The highest BCUT2D eigenvalue weighted by atomic mass is 35.5. The second-order valence-corrected chi connectivity index (χ2v) is 10.4. The quantitative estimate of drug-likeness (QED) is 0.113. The molecule has 1 saturated heterocycles. The molecule has 3 aromatic carbocycles. The molecule has 1 unspecified atom stereocenters. The zero-order chi connectivity index (χ0) is 29.0. The van der Waals surface area contributed by atoms with Crippen molar-refractivity contribution in [3.63, 3.8) is 0 Å². The van der Waals surface area contributed by atoms with Crippen LogP contribution in [0.25, 0.3) is 21.8 Å². The molecule has 0 bridgehead atoms. The number of rotatable bonds is 5. The van der Waals surface area contributed by atoms with Crippen LogP contribution in [0.1, 0.15) is 53.9 Å². The van der Waals surface area contributed by atoms with E-state index in [1.54, 1.807) is 48.5 Å². The molecule has 0 N–H and O–H groups in total. The van der Waals surface area contributed by atoms with E-state index in [1.807, 2.05) is 31.5 Å². The van der Waals surface area contributed by atoms with Crippen molar-refractivity contribution >= 4 is 50.9 Å². The van der Waals surface area contributed by atoms with Crippen LogP contribution < -0.4 is 0 Å². The average molecular weight is 573 g/mol. The summed E-state index contributed by atoms with van der Waals surface area (Å²) in [5.74, 6) is -3.37. The minimum absolute atomic E-state index is 0.0793. The standard InChI is InChI=1S/C29H24ClF3N2O5/c1-15(34-40-27(37)29(31,32)33)16-6-9-23-20(11-16)21-12-18(7-10-24(21)35(23)4)26(36)19-8-5-17(13-22(19)30)25-14-38-28(2,3)39-25/h5-13,25H,14H2,1-4H3/b34-15+. The summed E-state index contributed by atoms with van der Waals surface area (Å²) in [6.45, 7) is 5.47. The third-order valence-electron chi connectivity index (χ3n) is 6.80. The topological polar surface area (TPSA) is 79.1 Å². The van der Waals surface area contributed by atoms with Crippen molar-refractivity contribution in [2.75, 3.05) is 6.61 Å². The highest BCUT2D eigenvalue weighted by molar-refractivity contribution is 6.35. The summed E-state index contributed by atoms with van der Waals surface area (Å²) in [5.41, 5.74) is 3.74. The fourth-order valence-electron chi connectivity index (χ4n) is 4.72. The van der Waals surface area contributed by atoms with E-state index in [4.69, 9.17) is 21.1 Å². The van der Waals surface area contributed by atoms with E-state index in [0.717, 1.165) is 27.4 Å². The summed E-state index contributed by atoms with van der Waals surface area (Å²) >= 11 is 6.54. The molecule has 1 aromatic heterocycles. The fraction of sp³-hybridized carbons (Fsp3) is 0.276. The van der Waals surface area contributed by atoms with Gasteiger partial charge in [0, 0.05) is 40.0 Å². The Labute approximate surface area is 232 Å². The van der Waals surface area contributed by atoms with E-state index in [1.165, 1.54) is 6.92 Å². The molecule has 1 aliphatic rings. The van der Waals surface area contributed by atoms with Gasteiger partial charge in [0.15, 0.2) is 11.6 Å².